The van der Waals surface area contributed by atoms with Crippen LogP contribution in [0.2, 0.25) is 0 Å². The van der Waals surface area contributed by atoms with Gasteiger partial charge in [0.2, 0.25) is 0 Å². The molecular weight excluding hydrogens is 234 g/mol. The number of hydrogen-bond acceptors (Lipinski definition) is 3. The van der Waals surface area contributed by atoms with E-state index in [1.54, 1.807) is 0 Å². The molecule has 0 aliphatic rings. The lowest BCUT2D eigenvalue weighted by molar-refractivity contribution is 0.536. The van der Waals surface area contributed by atoms with E-state index in [-0.39, 0.29) is 5.75 Å². The zero-order valence-electron chi connectivity index (χ0n) is 10.7. The Morgan fingerprint density at radius 2 is 2.06 bits per heavy atom. The summed E-state index contributed by atoms with van der Waals surface area (Å²) < 4.78 is 21.6. The van der Waals surface area contributed by atoms with Gasteiger partial charge in [-0.3, -0.25) is 4.21 Å². The van der Waals surface area contributed by atoms with Gasteiger partial charge in [-0.25, -0.2) is 0 Å². The first kappa shape index (κ1) is 14.4. The second-order valence-electron chi connectivity index (χ2n) is 4.80. The molecule has 0 aromatic heterocycles. The highest BCUT2D eigenvalue weighted by molar-refractivity contribution is 7.78. The number of rotatable bonds is 5. The molecule has 0 fully saturated rings. The van der Waals surface area contributed by atoms with E-state index in [4.69, 9.17) is 5.73 Å². The van der Waals surface area contributed by atoms with Crippen molar-refractivity contribution in [3.8, 4) is 0 Å². The van der Waals surface area contributed by atoms with Crippen LogP contribution in [0.3, 0.4) is 0 Å². The first-order valence-electron chi connectivity index (χ1n) is 5.81. The lowest BCUT2D eigenvalue weighted by Crippen LogP contribution is -2.08. The monoisotopic (exact) mass is 254 g/mol. The highest BCUT2D eigenvalue weighted by Gasteiger charge is 2.08. The highest BCUT2D eigenvalue weighted by Crippen LogP contribution is 2.20. The Morgan fingerprint density at radius 1 is 1.41 bits per heavy atom. The molecule has 0 heterocycles. The zero-order chi connectivity index (χ0) is 13.0. The van der Waals surface area contributed by atoms with Gasteiger partial charge in [-0.1, -0.05) is 37.1 Å². The van der Waals surface area contributed by atoms with Gasteiger partial charge in [-0.05, 0) is 41.5 Å². The third-order valence-electron chi connectivity index (χ3n) is 2.75. The van der Waals surface area contributed by atoms with Crippen LogP contribution in [0.25, 0.3) is 0 Å². The predicted molar refractivity (Wildman–Crippen MR) is 70.2 cm³/mol. The molecule has 1 rings (SSSR count). The van der Waals surface area contributed by atoms with Crippen molar-refractivity contribution in [2.75, 3.05) is 0 Å². The molecule has 4 heteroatoms. The van der Waals surface area contributed by atoms with Crippen LogP contribution < -0.4 is 5.73 Å². The second kappa shape index (κ2) is 6.28. The summed E-state index contributed by atoms with van der Waals surface area (Å²) in [6.45, 7) is 6.67. The fourth-order valence-electron chi connectivity index (χ4n) is 2.07. The third kappa shape index (κ3) is 4.22. The first-order valence-corrected chi connectivity index (χ1v) is 7.05. The van der Waals surface area contributed by atoms with Gasteiger partial charge in [0.25, 0.3) is 0 Å². The summed E-state index contributed by atoms with van der Waals surface area (Å²) in [6, 6.07) is 4.11. The molecule has 0 amide bonds. The minimum absolute atomic E-state index is 0.0559. The minimum atomic E-state index is -2.06. The van der Waals surface area contributed by atoms with E-state index in [0.717, 1.165) is 23.1 Å². The topological polar surface area (TPSA) is 66.2 Å². The highest BCUT2D eigenvalue weighted by atomic mass is 32.2. The van der Waals surface area contributed by atoms with Gasteiger partial charge >= 0.3 is 0 Å². The second-order valence-corrected chi connectivity index (χ2v) is 5.70. The SMILES string of the molecule is Cc1cc(CC(C)C)cc(CN)c1CS(=O)[O-]. The quantitative estimate of drug-likeness (QED) is 0.818. The molecule has 0 radical (unpaired) electrons. The predicted octanol–water partition coefficient (Wildman–Crippen LogP) is 2.03. The normalized spacial score (nSPS) is 13.1. The van der Waals surface area contributed by atoms with E-state index in [2.05, 4.69) is 19.9 Å². The van der Waals surface area contributed by atoms with E-state index >= 15 is 0 Å². The first-order chi connectivity index (χ1) is 7.93. The molecule has 0 saturated carbocycles. The zero-order valence-corrected chi connectivity index (χ0v) is 11.5. The average molecular weight is 254 g/mol. The van der Waals surface area contributed by atoms with Gasteiger partial charge in [0.05, 0.1) is 0 Å². The molecule has 3 nitrogen and oxygen atoms in total. The van der Waals surface area contributed by atoms with Crippen LogP contribution >= 0.6 is 0 Å². The van der Waals surface area contributed by atoms with Crippen molar-refractivity contribution in [2.45, 2.75) is 39.5 Å². The fraction of sp³-hybridized carbons (Fsp3) is 0.538. The van der Waals surface area contributed by atoms with E-state index in [1.165, 1.54) is 5.56 Å². The Bertz CT molecular complexity index is 416. The van der Waals surface area contributed by atoms with E-state index in [9.17, 15) is 8.76 Å². The van der Waals surface area contributed by atoms with Crippen LogP contribution in [0.15, 0.2) is 12.1 Å². The van der Waals surface area contributed by atoms with Gasteiger partial charge in [-0.15, -0.1) is 0 Å². The van der Waals surface area contributed by atoms with Crippen LogP contribution in [0.5, 0.6) is 0 Å². The van der Waals surface area contributed by atoms with Gasteiger partial charge in [0.15, 0.2) is 0 Å². The average Bonchev–Trinajstić information content (AvgIpc) is 2.20. The van der Waals surface area contributed by atoms with Crippen molar-refractivity contribution in [1.82, 2.24) is 0 Å². The maximum absolute atomic E-state index is 10.8. The number of benzene rings is 1. The third-order valence-corrected chi connectivity index (χ3v) is 3.28. The molecule has 0 bridgehead atoms. The molecule has 2 N–H and O–H groups in total. The van der Waals surface area contributed by atoms with Crippen LogP contribution in [0, 0.1) is 12.8 Å². The smallest absolute Gasteiger partial charge is 0.0359 e. The summed E-state index contributed by atoms with van der Waals surface area (Å²) in [6.07, 6.45) is 0.995. The Labute approximate surface area is 106 Å². The Kier molecular flexibility index (Phi) is 5.31. The van der Waals surface area contributed by atoms with Crippen molar-refractivity contribution in [3.63, 3.8) is 0 Å². The van der Waals surface area contributed by atoms with Crippen molar-refractivity contribution in [2.24, 2.45) is 11.7 Å². The van der Waals surface area contributed by atoms with E-state index in [1.807, 2.05) is 13.0 Å². The largest absolute Gasteiger partial charge is 0.772 e. The molecule has 0 spiro atoms. The summed E-state index contributed by atoms with van der Waals surface area (Å²) in [4.78, 5) is 0. The molecule has 1 atom stereocenters. The van der Waals surface area contributed by atoms with Crippen molar-refractivity contribution < 1.29 is 8.76 Å². The maximum Gasteiger partial charge on any atom is 0.0359 e. The van der Waals surface area contributed by atoms with Crippen LogP contribution in [-0.4, -0.2) is 8.76 Å². The molecule has 1 aromatic rings. The Morgan fingerprint density at radius 3 is 2.53 bits per heavy atom. The van der Waals surface area contributed by atoms with Crippen molar-refractivity contribution >= 4 is 11.1 Å². The van der Waals surface area contributed by atoms with E-state index in [0.29, 0.717) is 12.5 Å². The van der Waals surface area contributed by atoms with Crippen LogP contribution in [-0.2, 0) is 29.8 Å². The molecule has 1 unspecified atom stereocenters. The standard InChI is InChI=1S/C13H21NO2S/c1-9(2)4-11-5-10(3)13(8-17(15)16)12(6-11)7-14/h5-6,9H,4,7-8,14H2,1-3H3,(H,15,16)/p-1. The number of hydrogen-bond donors (Lipinski definition) is 1. The Hall–Kier alpha value is -0.710. The molecule has 96 valence electrons. The van der Waals surface area contributed by atoms with Gasteiger partial charge < -0.3 is 10.3 Å². The lowest BCUT2D eigenvalue weighted by Gasteiger charge is -2.16. The Balaban J connectivity index is 3.11. The molecular formula is C13H20NO2S-. The molecule has 17 heavy (non-hydrogen) atoms. The van der Waals surface area contributed by atoms with Crippen molar-refractivity contribution in [3.05, 3.63) is 34.4 Å². The maximum atomic E-state index is 10.8. The molecule has 1 aromatic carbocycles. The summed E-state index contributed by atoms with van der Waals surface area (Å²) in [7, 11) is 0. The summed E-state index contributed by atoms with van der Waals surface area (Å²) in [5.74, 6) is 0.639. The van der Waals surface area contributed by atoms with Gasteiger partial charge in [0, 0.05) is 12.3 Å². The van der Waals surface area contributed by atoms with E-state index < -0.39 is 11.1 Å². The van der Waals surface area contributed by atoms with Crippen LogP contribution in [0.1, 0.15) is 36.1 Å². The van der Waals surface area contributed by atoms with Crippen molar-refractivity contribution in [1.29, 1.82) is 0 Å². The van der Waals surface area contributed by atoms with Crippen LogP contribution in [0.4, 0.5) is 0 Å². The fourth-order valence-corrected chi connectivity index (χ4v) is 2.72. The molecule has 0 aliphatic carbocycles. The van der Waals surface area contributed by atoms with Gasteiger partial charge in [0.1, 0.15) is 0 Å². The summed E-state index contributed by atoms with van der Waals surface area (Å²) in [5, 5.41) is 0. The summed E-state index contributed by atoms with van der Waals surface area (Å²) in [5.41, 5.74) is 9.75. The van der Waals surface area contributed by atoms with Gasteiger partial charge in [-0.2, -0.15) is 0 Å². The minimum Gasteiger partial charge on any atom is -0.772 e. The molecule has 0 saturated heterocycles. The summed E-state index contributed by atoms with van der Waals surface area (Å²) >= 11 is -2.06. The molecule has 0 aliphatic heterocycles. The lowest BCUT2D eigenvalue weighted by atomic mass is 9.95. The number of nitrogens with two attached hydrogens (primary N) is 1. The number of aryl methyl sites for hydroxylation is 1.